The van der Waals surface area contributed by atoms with Gasteiger partial charge in [0.15, 0.2) is 0 Å². The molecule has 4 heteroatoms. The van der Waals surface area contributed by atoms with Crippen molar-refractivity contribution in [3.05, 3.63) is 61.5 Å². The molecular weight excluding hydrogens is 379 g/mol. The maximum Gasteiger partial charge on any atom is 0.143 e. The zero-order valence-corrected chi connectivity index (χ0v) is 13.1. The summed E-state index contributed by atoms with van der Waals surface area (Å²) in [6, 6.07) is 11.3. The molecule has 18 heavy (non-hydrogen) atoms. The second kappa shape index (κ2) is 5.91. The molecule has 1 nitrogen and oxygen atoms in total. The average Bonchev–Trinajstić information content (AvgIpc) is 2.35. The van der Waals surface area contributed by atoms with E-state index >= 15 is 0 Å². The number of phenolic OH excluding ortho intramolecular Hbond substituents is 1. The highest BCUT2D eigenvalue weighted by molar-refractivity contribution is 9.11. The quantitative estimate of drug-likeness (QED) is 0.651. The van der Waals surface area contributed by atoms with E-state index in [1.807, 2.05) is 48.6 Å². The lowest BCUT2D eigenvalue weighted by atomic mass is 10.1. The normalized spacial score (nSPS) is 11.1. The van der Waals surface area contributed by atoms with Gasteiger partial charge in [-0.25, -0.2) is 0 Å². The highest BCUT2D eigenvalue weighted by Gasteiger charge is 2.03. The van der Waals surface area contributed by atoms with Gasteiger partial charge in [0.2, 0.25) is 0 Å². The van der Waals surface area contributed by atoms with Crippen molar-refractivity contribution in [2.45, 2.75) is 0 Å². The molecule has 0 amide bonds. The molecule has 0 saturated heterocycles. The van der Waals surface area contributed by atoms with E-state index < -0.39 is 0 Å². The minimum Gasteiger partial charge on any atom is -0.506 e. The van der Waals surface area contributed by atoms with Crippen LogP contribution in [-0.2, 0) is 0 Å². The van der Waals surface area contributed by atoms with Crippen molar-refractivity contribution in [1.82, 2.24) is 0 Å². The molecule has 2 aromatic carbocycles. The molecule has 0 saturated carbocycles. The lowest BCUT2D eigenvalue weighted by molar-refractivity contribution is 0.468. The van der Waals surface area contributed by atoms with Crippen LogP contribution in [0.15, 0.2) is 45.3 Å². The third-order valence-electron chi connectivity index (χ3n) is 2.38. The second-order valence-corrected chi connectivity index (χ2v) is 5.86. The van der Waals surface area contributed by atoms with Crippen LogP contribution in [0.3, 0.4) is 0 Å². The highest BCUT2D eigenvalue weighted by Crippen LogP contribution is 2.33. The van der Waals surface area contributed by atoms with Crippen molar-refractivity contribution in [2.75, 3.05) is 0 Å². The Balaban J connectivity index is 2.26. The monoisotopic (exact) mass is 386 g/mol. The Bertz CT molecular complexity index is 568. The van der Waals surface area contributed by atoms with Crippen LogP contribution in [0.25, 0.3) is 12.2 Å². The third-order valence-corrected chi connectivity index (χ3v) is 3.84. The number of halogens is 3. The van der Waals surface area contributed by atoms with E-state index in [0.29, 0.717) is 8.95 Å². The first-order valence-electron chi connectivity index (χ1n) is 5.18. The van der Waals surface area contributed by atoms with Crippen molar-refractivity contribution in [3.63, 3.8) is 0 Å². The molecule has 2 aromatic rings. The number of rotatable bonds is 2. The van der Waals surface area contributed by atoms with Gasteiger partial charge >= 0.3 is 0 Å². The Morgan fingerprint density at radius 3 is 1.94 bits per heavy atom. The highest BCUT2D eigenvalue weighted by atomic mass is 79.9. The zero-order valence-electron chi connectivity index (χ0n) is 9.20. The van der Waals surface area contributed by atoms with Crippen molar-refractivity contribution >= 4 is 55.6 Å². The molecule has 0 aliphatic carbocycles. The Labute approximate surface area is 127 Å². The lowest BCUT2D eigenvalue weighted by Gasteiger charge is -2.02. The Morgan fingerprint density at radius 2 is 1.39 bits per heavy atom. The van der Waals surface area contributed by atoms with Crippen LogP contribution in [0, 0.1) is 0 Å². The fraction of sp³-hybridized carbons (Fsp3) is 0. The van der Waals surface area contributed by atoms with E-state index in [-0.39, 0.29) is 5.75 Å². The van der Waals surface area contributed by atoms with Gasteiger partial charge in [-0.1, -0.05) is 35.9 Å². The fourth-order valence-electron chi connectivity index (χ4n) is 1.45. The van der Waals surface area contributed by atoms with Crippen molar-refractivity contribution in [1.29, 1.82) is 0 Å². The SMILES string of the molecule is Oc1c(Br)cc(/C=C/c2ccc(Cl)cc2)cc1Br. The molecule has 0 spiro atoms. The summed E-state index contributed by atoms with van der Waals surface area (Å²) in [5.41, 5.74) is 2.06. The largest absolute Gasteiger partial charge is 0.506 e. The van der Waals surface area contributed by atoms with E-state index in [4.69, 9.17) is 11.6 Å². The molecule has 0 bridgehead atoms. The van der Waals surface area contributed by atoms with E-state index in [1.165, 1.54) is 0 Å². The summed E-state index contributed by atoms with van der Waals surface area (Å²) in [5, 5.41) is 10.3. The predicted molar refractivity (Wildman–Crippen MR) is 83.9 cm³/mol. The van der Waals surface area contributed by atoms with Crippen LogP contribution in [0.1, 0.15) is 11.1 Å². The van der Waals surface area contributed by atoms with Gasteiger partial charge in [0, 0.05) is 5.02 Å². The Morgan fingerprint density at radius 1 is 0.889 bits per heavy atom. The van der Waals surface area contributed by atoms with Crippen molar-refractivity contribution < 1.29 is 5.11 Å². The lowest BCUT2D eigenvalue weighted by Crippen LogP contribution is -1.77. The summed E-state index contributed by atoms with van der Waals surface area (Å²) in [5.74, 6) is 0.207. The van der Waals surface area contributed by atoms with Crippen LogP contribution in [0.5, 0.6) is 5.75 Å². The van der Waals surface area contributed by atoms with E-state index in [2.05, 4.69) is 31.9 Å². The van der Waals surface area contributed by atoms with Gasteiger partial charge in [-0.3, -0.25) is 0 Å². The molecule has 0 radical (unpaired) electrons. The van der Waals surface area contributed by atoms with Crippen molar-refractivity contribution in [2.24, 2.45) is 0 Å². The summed E-state index contributed by atoms with van der Waals surface area (Å²) < 4.78 is 1.32. The Kier molecular flexibility index (Phi) is 4.49. The minimum absolute atomic E-state index is 0.207. The minimum atomic E-state index is 0.207. The fourth-order valence-corrected chi connectivity index (χ4v) is 2.80. The smallest absolute Gasteiger partial charge is 0.143 e. The summed E-state index contributed by atoms with van der Waals surface area (Å²) >= 11 is 12.4. The van der Waals surface area contributed by atoms with Gasteiger partial charge in [-0.15, -0.1) is 0 Å². The van der Waals surface area contributed by atoms with Crippen LogP contribution in [0.4, 0.5) is 0 Å². The summed E-state index contributed by atoms with van der Waals surface area (Å²) in [6.45, 7) is 0. The molecular formula is C14H9Br2ClO. The van der Waals surface area contributed by atoms with Gasteiger partial charge in [0.25, 0.3) is 0 Å². The molecule has 0 atom stereocenters. The molecule has 0 aliphatic heterocycles. The van der Waals surface area contributed by atoms with Gasteiger partial charge in [0.05, 0.1) is 8.95 Å². The number of aromatic hydroxyl groups is 1. The van der Waals surface area contributed by atoms with Gasteiger partial charge in [0.1, 0.15) is 5.75 Å². The topological polar surface area (TPSA) is 20.2 Å². The average molecular weight is 388 g/mol. The molecule has 2 rings (SSSR count). The van der Waals surface area contributed by atoms with Gasteiger partial charge in [-0.2, -0.15) is 0 Å². The standard InChI is InChI=1S/C14H9Br2ClO/c15-12-7-10(8-13(16)14(12)18)2-1-9-3-5-11(17)6-4-9/h1-8,18H/b2-1+. The van der Waals surface area contributed by atoms with E-state index in [1.54, 1.807) is 0 Å². The zero-order chi connectivity index (χ0) is 13.1. The first kappa shape index (κ1) is 13.7. The second-order valence-electron chi connectivity index (χ2n) is 3.72. The number of hydrogen-bond acceptors (Lipinski definition) is 1. The van der Waals surface area contributed by atoms with E-state index in [9.17, 15) is 5.11 Å². The van der Waals surface area contributed by atoms with Crippen LogP contribution >= 0.6 is 43.5 Å². The van der Waals surface area contributed by atoms with Gasteiger partial charge < -0.3 is 5.11 Å². The maximum absolute atomic E-state index is 9.61. The number of hydrogen-bond donors (Lipinski definition) is 1. The molecule has 0 aromatic heterocycles. The van der Waals surface area contributed by atoms with Crippen molar-refractivity contribution in [3.8, 4) is 5.75 Å². The first-order valence-corrected chi connectivity index (χ1v) is 7.14. The summed E-state index contributed by atoms with van der Waals surface area (Å²) in [7, 11) is 0. The number of benzene rings is 2. The molecule has 1 N–H and O–H groups in total. The first-order chi connectivity index (χ1) is 8.56. The summed E-state index contributed by atoms with van der Waals surface area (Å²) in [4.78, 5) is 0. The predicted octanol–water partition coefficient (Wildman–Crippen LogP) is 5.74. The molecule has 0 fully saturated rings. The molecule has 0 heterocycles. The molecule has 0 unspecified atom stereocenters. The molecule has 0 aliphatic rings. The maximum atomic E-state index is 9.61. The summed E-state index contributed by atoms with van der Waals surface area (Å²) in [6.07, 6.45) is 3.96. The third kappa shape index (κ3) is 3.37. The Hall–Kier alpha value is -0.770. The number of phenols is 1. The van der Waals surface area contributed by atoms with Crippen LogP contribution in [-0.4, -0.2) is 5.11 Å². The van der Waals surface area contributed by atoms with E-state index in [0.717, 1.165) is 16.1 Å². The molecule has 92 valence electrons. The van der Waals surface area contributed by atoms with Crippen LogP contribution in [0.2, 0.25) is 5.02 Å². The van der Waals surface area contributed by atoms with Crippen LogP contribution < -0.4 is 0 Å². The van der Waals surface area contributed by atoms with Gasteiger partial charge in [-0.05, 0) is 67.3 Å².